The maximum Gasteiger partial charge on any atom is 0.163 e. The van der Waals surface area contributed by atoms with E-state index in [1.807, 2.05) is 0 Å². The van der Waals surface area contributed by atoms with Crippen molar-refractivity contribution in [2.24, 2.45) is 5.92 Å². The molecule has 110 valence electrons. The number of ether oxygens (including phenoxy) is 1. The molecule has 0 aliphatic carbocycles. The first-order valence-electron chi connectivity index (χ1n) is 6.42. The minimum Gasteiger partial charge on any atom is -0.508 e. The van der Waals surface area contributed by atoms with E-state index >= 15 is 0 Å². The van der Waals surface area contributed by atoms with Gasteiger partial charge in [0.25, 0.3) is 0 Å². The van der Waals surface area contributed by atoms with Crippen molar-refractivity contribution >= 4 is 5.78 Å². The number of benzene rings is 1. The van der Waals surface area contributed by atoms with Crippen LogP contribution in [-0.2, 0) is 4.74 Å². The predicted octanol–water partition coefficient (Wildman–Crippen LogP) is 0.0401. The Morgan fingerprint density at radius 2 is 1.75 bits per heavy atom. The van der Waals surface area contributed by atoms with Crippen LogP contribution in [0.5, 0.6) is 5.75 Å². The monoisotopic (exact) mass is 282 g/mol. The van der Waals surface area contributed by atoms with Crippen LogP contribution in [0.4, 0.5) is 0 Å². The lowest BCUT2D eigenvalue weighted by Gasteiger charge is -2.39. The molecule has 1 aliphatic heterocycles. The fourth-order valence-corrected chi connectivity index (χ4v) is 2.30. The number of hydrogen-bond donors (Lipinski definition) is 4. The third-order valence-electron chi connectivity index (χ3n) is 3.60. The van der Waals surface area contributed by atoms with Crippen molar-refractivity contribution in [3.05, 3.63) is 29.8 Å². The van der Waals surface area contributed by atoms with Gasteiger partial charge in [-0.25, -0.2) is 0 Å². The van der Waals surface area contributed by atoms with Crippen LogP contribution in [-0.4, -0.2) is 50.8 Å². The van der Waals surface area contributed by atoms with E-state index in [-0.39, 0.29) is 18.0 Å². The molecule has 1 aliphatic rings. The van der Waals surface area contributed by atoms with Gasteiger partial charge in [-0.15, -0.1) is 0 Å². The molecule has 5 atom stereocenters. The molecule has 1 fully saturated rings. The van der Waals surface area contributed by atoms with Gasteiger partial charge >= 0.3 is 0 Å². The Balaban J connectivity index is 2.08. The molecule has 6 heteroatoms. The minimum absolute atomic E-state index is 0.0480. The normalized spacial score (nSPS) is 33.9. The summed E-state index contributed by atoms with van der Waals surface area (Å²) in [6.45, 7) is 1.54. The molecular formula is C14H18O6. The SMILES string of the molecule is C[C@H]1OC(O)[C@@H](CC(=O)c2ccc(O)cc2)[C@@H](O)[C@@H]1O. The Hall–Kier alpha value is -1.47. The summed E-state index contributed by atoms with van der Waals surface area (Å²) in [4.78, 5) is 12.1. The summed E-state index contributed by atoms with van der Waals surface area (Å²) in [6.07, 6.45) is -4.52. The molecule has 6 nitrogen and oxygen atoms in total. The Labute approximate surface area is 116 Å². The van der Waals surface area contributed by atoms with Crippen LogP contribution in [0.15, 0.2) is 24.3 Å². The van der Waals surface area contributed by atoms with E-state index in [0.29, 0.717) is 5.56 Å². The number of phenolic OH excluding ortho intramolecular Hbond substituents is 1. The quantitative estimate of drug-likeness (QED) is 0.583. The van der Waals surface area contributed by atoms with Crippen LogP contribution in [0.2, 0.25) is 0 Å². The number of Topliss-reactive ketones (excluding diaryl/α,β-unsaturated/α-hetero) is 1. The molecule has 0 aromatic heterocycles. The lowest BCUT2D eigenvalue weighted by Crippen LogP contribution is -2.53. The first kappa shape index (κ1) is 14.9. The van der Waals surface area contributed by atoms with Gasteiger partial charge in [0.15, 0.2) is 12.1 Å². The number of phenols is 1. The van der Waals surface area contributed by atoms with Crippen LogP contribution in [0.25, 0.3) is 0 Å². The topological polar surface area (TPSA) is 107 Å². The first-order chi connectivity index (χ1) is 9.40. The second kappa shape index (κ2) is 5.88. The molecule has 0 bridgehead atoms. The summed E-state index contributed by atoms with van der Waals surface area (Å²) in [7, 11) is 0. The number of carbonyl (C=O) groups excluding carboxylic acids is 1. The largest absolute Gasteiger partial charge is 0.508 e. The summed E-state index contributed by atoms with van der Waals surface area (Å²) < 4.78 is 5.09. The highest BCUT2D eigenvalue weighted by molar-refractivity contribution is 5.96. The third kappa shape index (κ3) is 2.99. The molecule has 1 aromatic rings. The molecule has 0 amide bonds. The predicted molar refractivity (Wildman–Crippen MR) is 69.1 cm³/mol. The maximum absolute atomic E-state index is 12.1. The number of rotatable bonds is 3. The summed E-state index contributed by atoms with van der Waals surface area (Å²) in [5, 5.41) is 38.6. The number of ketones is 1. The van der Waals surface area contributed by atoms with Gasteiger partial charge in [-0.1, -0.05) is 0 Å². The first-order valence-corrected chi connectivity index (χ1v) is 6.42. The van der Waals surface area contributed by atoms with E-state index in [1.54, 1.807) is 0 Å². The molecule has 0 radical (unpaired) electrons. The molecule has 0 saturated carbocycles. The molecule has 2 rings (SSSR count). The van der Waals surface area contributed by atoms with E-state index in [2.05, 4.69) is 0 Å². The highest BCUT2D eigenvalue weighted by Crippen LogP contribution is 2.28. The summed E-state index contributed by atoms with van der Waals surface area (Å²) >= 11 is 0. The van der Waals surface area contributed by atoms with Crippen molar-refractivity contribution in [3.8, 4) is 5.75 Å². The molecule has 1 heterocycles. The zero-order valence-electron chi connectivity index (χ0n) is 11.0. The standard InChI is InChI=1S/C14H18O6/c1-7-12(17)13(18)10(14(19)20-7)6-11(16)8-2-4-9(15)5-3-8/h2-5,7,10,12-15,17-19H,6H2,1H3/t7-,10+,12-,13-,14?/m1/s1. The van der Waals surface area contributed by atoms with Gasteiger partial charge < -0.3 is 25.2 Å². The zero-order chi connectivity index (χ0) is 14.9. The van der Waals surface area contributed by atoms with Gasteiger partial charge in [0, 0.05) is 17.9 Å². The van der Waals surface area contributed by atoms with Crippen LogP contribution in [0.3, 0.4) is 0 Å². The van der Waals surface area contributed by atoms with Gasteiger partial charge in [0.05, 0.1) is 12.2 Å². The van der Waals surface area contributed by atoms with Crippen molar-refractivity contribution in [2.75, 3.05) is 0 Å². The minimum atomic E-state index is -1.30. The average molecular weight is 282 g/mol. The Bertz CT molecular complexity index is 471. The average Bonchev–Trinajstić information content (AvgIpc) is 2.42. The Kier molecular flexibility index (Phi) is 4.39. The van der Waals surface area contributed by atoms with Crippen molar-refractivity contribution in [1.29, 1.82) is 0 Å². The highest BCUT2D eigenvalue weighted by Gasteiger charge is 2.42. The van der Waals surface area contributed by atoms with Gasteiger partial charge in [-0.2, -0.15) is 0 Å². The van der Waals surface area contributed by atoms with Gasteiger partial charge in [-0.05, 0) is 31.2 Å². The highest BCUT2D eigenvalue weighted by atomic mass is 16.6. The van der Waals surface area contributed by atoms with Crippen LogP contribution in [0, 0.1) is 5.92 Å². The number of aliphatic hydroxyl groups is 3. The summed E-state index contributed by atoms with van der Waals surface area (Å²) in [5.41, 5.74) is 0.357. The number of aliphatic hydroxyl groups excluding tert-OH is 3. The summed E-state index contributed by atoms with van der Waals surface area (Å²) in [5.74, 6) is -1.15. The summed E-state index contributed by atoms with van der Waals surface area (Å²) in [6, 6.07) is 5.68. The Morgan fingerprint density at radius 3 is 2.35 bits per heavy atom. The molecule has 1 saturated heterocycles. The molecular weight excluding hydrogens is 264 g/mol. The smallest absolute Gasteiger partial charge is 0.163 e. The fourth-order valence-electron chi connectivity index (χ4n) is 2.30. The van der Waals surface area contributed by atoms with E-state index in [9.17, 15) is 20.1 Å². The molecule has 20 heavy (non-hydrogen) atoms. The number of carbonyl (C=O) groups is 1. The van der Waals surface area contributed by atoms with Crippen molar-refractivity contribution in [3.63, 3.8) is 0 Å². The number of hydrogen-bond acceptors (Lipinski definition) is 6. The number of aromatic hydroxyl groups is 1. The molecule has 1 aromatic carbocycles. The van der Waals surface area contributed by atoms with Crippen molar-refractivity contribution in [1.82, 2.24) is 0 Å². The van der Waals surface area contributed by atoms with E-state index in [0.717, 1.165) is 0 Å². The second-order valence-electron chi connectivity index (χ2n) is 5.05. The molecule has 0 spiro atoms. The molecule has 1 unspecified atom stereocenters. The van der Waals surface area contributed by atoms with E-state index in [4.69, 9.17) is 9.84 Å². The maximum atomic E-state index is 12.1. The van der Waals surface area contributed by atoms with Crippen LogP contribution < -0.4 is 0 Å². The third-order valence-corrected chi connectivity index (χ3v) is 3.60. The van der Waals surface area contributed by atoms with Gasteiger partial charge in [0.1, 0.15) is 11.9 Å². The van der Waals surface area contributed by atoms with Crippen LogP contribution in [0.1, 0.15) is 23.7 Å². The van der Waals surface area contributed by atoms with Gasteiger partial charge in [-0.3, -0.25) is 4.79 Å². The molecule has 4 N–H and O–H groups in total. The van der Waals surface area contributed by atoms with E-state index in [1.165, 1.54) is 31.2 Å². The lowest BCUT2D eigenvalue weighted by atomic mass is 9.86. The fraction of sp³-hybridized carbons (Fsp3) is 0.500. The zero-order valence-corrected chi connectivity index (χ0v) is 11.0. The Morgan fingerprint density at radius 1 is 1.15 bits per heavy atom. The van der Waals surface area contributed by atoms with E-state index < -0.39 is 30.5 Å². The van der Waals surface area contributed by atoms with Crippen molar-refractivity contribution < 1.29 is 30.0 Å². The lowest BCUT2D eigenvalue weighted by molar-refractivity contribution is -0.258. The van der Waals surface area contributed by atoms with Gasteiger partial charge in [0.2, 0.25) is 0 Å². The second-order valence-corrected chi connectivity index (χ2v) is 5.05. The van der Waals surface area contributed by atoms with Crippen LogP contribution >= 0.6 is 0 Å². The van der Waals surface area contributed by atoms with Crippen molar-refractivity contribution in [2.45, 2.75) is 37.9 Å².